The number of aromatic nitrogens is 2. The van der Waals surface area contributed by atoms with Crippen molar-refractivity contribution in [3.63, 3.8) is 0 Å². The summed E-state index contributed by atoms with van der Waals surface area (Å²) in [4.78, 5) is 33.8. The van der Waals surface area contributed by atoms with E-state index >= 15 is 0 Å². The Balaban J connectivity index is 1.73. The maximum atomic E-state index is 12.9. The Bertz CT molecular complexity index is 1020. The highest BCUT2D eigenvalue weighted by molar-refractivity contribution is 7.99. The first-order valence-corrected chi connectivity index (χ1v) is 11.3. The number of fused-ring (bicyclic) bond motifs is 1. The average Bonchev–Trinajstić information content (AvgIpc) is 2.76. The molecule has 168 valence electrons. The maximum Gasteiger partial charge on any atom is 0.258 e. The molecule has 0 aliphatic carbocycles. The van der Waals surface area contributed by atoms with Crippen molar-refractivity contribution in [2.45, 2.75) is 50.7 Å². The van der Waals surface area contributed by atoms with E-state index in [1.54, 1.807) is 14.2 Å². The van der Waals surface area contributed by atoms with Crippen molar-refractivity contribution in [3.05, 3.63) is 39.2 Å². The largest absolute Gasteiger partial charge is 0.493 e. The van der Waals surface area contributed by atoms with Gasteiger partial charge in [-0.15, -0.1) is 0 Å². The molecular formula is C22H29N3O5S. The Morgan fingerprint density at radius 3 is 2.65 bits per heavy atom. The first kappa shape index (κ1) is 23.0. The number of H-pyrrole nitrogens is 1. The van der Waals surface area contributed by atoms with Crippen molar-refractivity contribution >= 4 is 17.7 Å². The molecule has 2 aromatic rings. The number of thioether (sulfide) groups is 1. The van der Waals surface area contributed by atoms with Crippen LogP contribution in [0.1, 0.15) is 55.8 Å². The highest BCUT2D eigenvalue weighted by Crippen LogP contribution is 2.38. The Morgan fingerprint density at radius 1 is 1.35 bits per heavy atom. The zero-order valence-corrected chi connectivity index (χ0v) is 19.3. The van der Waals surface area contributed by atoms with Crippen molar-refractivity contribution < 1.29 is 19.4 Å². The zero-order chi connectivity index (χ0) is 22.7. The van der Waals surface area contributed by atoms with Crippen LogP contribution in [-0.4, -0.2) is 52.4 Å². The summed E-state index contributed by atoms with van der Waals surface area (Å²) in [7, 11) is 3.20. The number of aromatic hydroxyl groups is 1. The topological polar surface area (TPSA) is 105 Å². The number of amides is 1. The number of benzene rings is 1. The van der Waals surface area contributed by atoms with Crippen LogP contribution in [0.4, 0.5) is 0 Å². The third-order valence-corrected chi connectivity index (χ3v) is 6.71. The number of ether oxygens (including phenoxy) is 2. The van der Waals surface area contributed by atoms with E-state index in [0.717, 1.165) is 29.3 Å². The second-order valence-corrected chi connectivity index (χ2v) is 8.59. The van der Waals surface area contributed by atoms with E-state index in [4.69, 9.17) is 9.47 Å². The Kier molecular flexibility index (Phi) is 7.15. The number of hydrogen-bond donors (Lipinski definition) is 2. The molecule has 1 aromatic heterocycles. The molecule has 1 amide bonds. The van der Waals surface area contributed by atoms with Crippen LogP contribution in [0.5, 0.6) is 17.4 Å². The third-order valence-electron chi connectivity index (χ3n) is 5.86. The lowest BCUT2D eigenvalue weighted by molar-refractivity contribution is -0.130. The monoisotopic (exact) mass is 447 g/mol. The van der Waals surface area contributed by atoms with E-state index in [9.17, 15) is 14.7 Å². The number of carbonyl (C=O) groups is 1. The van der Waals surface area contributed by atoms with Crippen LogP contribution in [0.15, 0.2) is 22.1 Å². The standard InChI is InChI=1S/C22H29N3O5S/c1-6-12(2)19-20(27)23-22(24-21(19)28)31-11-18(26)25-8-7-14-9-16(29-4)17(30-5)10-15(14)13(25)3/h9-10,12-13H,6-8,11H2,1-5H3,(H2,23,24,27,28)/t12?,13-/m0/s1. The molecule has 0 spiro atoms. The molecule has 3 rings (SSSR count). The lowest BCUT2D eigenvalue weighted by Gasteiger charge is -2.35. The van der Waals surface area contributed by atoms with Crippen LogP contribution in [0.2, 0.25) is 0 Å². The van der Waals surface area contributed by atoms with E-state index in [1.807, 2.05) is 37.8 Å². The first-order chi connectivity index (χ1) is 14.8. The Hall–Kier alpha value is -2.68. The van der Waals surface area contributed by atoms with Crippen molar-refractivity contribution in [3.8, 4) is 17.4 Å². The Morgan fingerprint density at radius 2 is 2.03 bits per heavy atom. The third kappa shape index (κ3) is 4.66. The SMILES string of the molecule is CCC(C)c1c(O)nc(SCC(=O)N2CCc3cc(OC)c(OC)cc3[C@@H]2C)[nH]c1=O. The number of methoxy groups -OCH3 is 2. The molecule has 0 fully saturated rings. The minimum Gasteiger partial charge on any atom is -0.493 e. The van der Waals surface area contributed by atoms with Crippen LogP contribution < -0.4 is 15.0 Å². The molecule has 2 heterocycles. The van der Waals surface area contributed by atoms with Gasteiger partial charge in [0.1, 0.15) is 0 Å². The minimum absolute atomic E-state index is 0.0638. The van der Waals surface area contributed by atoms with Crippen molar-refractivity contribution in [2.24, 2.45) is 0 Å². The fourth-order valence-corrected chi connectivity index (χ4v) is 4.61. The van der Waals surface area contributed by atoms with Gasteiger partial charge in [-0.05, 0) is 48.9 Å². The molecule has 2 N–H and O–H groups in total. The smallest absolute Gasteiger partial charge is 0.258 e. The highest BCUT2D eigenvalue weighted by atomic mass is 32.2. The van der Waals surface area contributed by atoms with E-state index in [1.165, 1.54) is 0 Å². The summed E-state index contributed by atoms with van der Waals surface area (Å²) in [5, 5.41) is 10.4. The summed E-state index contributed by atoms with van der Waals surface area (Å²) in [5.41, 5.74) is 2.09. The van der Waals surface area contributed by atoms with E-state index < -0.39 is 0 Å². The molecule has 0 bridgehead atoms. The molecule has 1 aliphatic heterocycles. The molecule has 0 radical (unpaired) electrons. The van der Waals surface area contributed by atoms with Gasteiger partial charge in [-0.25, -0.2) is 0 Å². The number of nitrogens with zero attached hydrogens (tertiary/aromatic N) is 2. The van der Waals surface area contributed by atoms with Crippen molar-refractivity contribution in [1.82, 2.24) is 14.9 Å². The van der Waals surface area contributed by atoms with Gasteiger partial charge in [0.15, 0.2) is 16.7 Å². The quantitative estimate of drug-likeness (QED) is 0.496. The second-order valence-electron chi connectivity index (χ2n) is 7.63. The molecule has 1 aliphatic rings. The number of hydrogen-bond acceptors (Lipinski definition) is 7. The summed E-state index contributed by atoms with van der Waals surface area (Å²) >= 11 is 1.11. The maximum absolute atomic E-state index is 12.9. The molecule has 1 aromatic carbocycles. The van der Waals surface area contributed by atoms with Gasteiger partial charge in [0.05, 0.1) is 31.6 Å². The number of nitrogens with one attached hydrogen (secondary N) is 1. The van der Waals surface area contributed by atoms with Crippen LogP contribution in [-0.2, 0) is 11.2 Å². The average molecular weight is 448 g/mol. The zero-order valence-electron chi connectivity index (χ0n) is 18.5. The van der Waals surface area contributed by atoms with Crippen LogP contribution in [0, 0.1) is 0 Å². The number of rotatable bonds is 7. The number of carbonyl (C=O) groups excluding carboxylic acids is 1. The summed E-state index contributed by atoms with van der Waals surface area (Å²) in [6.07, 6.45) is 1.43. The second kappa shape index (κ2) is 9.64. The minimum atomic E-state index is -0.363. The number of aromatic amines is 1. The van der Waals surface area contributed by atoms with Gasteiger partial charge >= 0.3 is 0 Å². The highest BCUT2D eigenvalue weighted by Gasteiger charge is 2.29. The van der Waals surface area contributed by atoms with Gasteiger partial charge in [-0.3, -0.25) is 9.59 Å². The summed E-state index contributed by atoms with van der Waals surface area (Å²) in [5.74, 6) is 0.995. The van der Waals surface area contributed by atoms with Gasteiger partial charge in [0.2, 0.25) is 11.8 Å². The molecule has 8 nitrogen and oxygen atoms in total. The van der Waals surface area contributed by atoms with E-state index in [2.05, 4.69) is 9.97 Å². The van der Waals surface area contributed by atoms with Gasteiger partial charge < -0.3 is 24.5 Å². The van der Waals surface area contributed by atoms with Crippen LogP contribution in [0.3, 0.4) is 0 Å². The lowest BCUT2D eigenvalue weighted by Crippen LogP contribution is -2.40. The van der Waals surface area contributed by atoms with Gasteiger partial charge in [-0.1, -0.05) is 25.6 Å². The van der Waals surface area contributed by atoms with Crippen molar-refractivity contribution in [2.75, 3.05) is 26.5 Å². The molecule has 1 unspecified atom stereocenters. The Labute approximate surface area is 186 Å². The molecule has 2 atom stereocenters. The van der Waals surface area contributed by atoms with Gasteiger partial charge in [0, 0.05) is 6.54 Å². The summed E-state index contributed by atoms with van der Waals surface area (Å²) in [6, 6.07) is 3.78. The molecule has 0 saturated heterocycles. The summed E-state index contributed by atoms with van der Waals surface area (Å²) < 4.78 is 10.8. The fourth-order valence-electron chi connectivity index (χ4n) is 3.87. The molecule has 9 heteroatoms. The normalized spacial score (nSPS) is 16.5. The predicted octanol–water partition coefficient (Wildman–Crippen LogP) is 3.24. The van der Waals surface area contributed by atoms with E-state index in [0.29, 0.717) is 24.5 Å². The van der Waals surface area contributed by atoms with Crippen LogP contribution >= 0.6 is 11.8 Å². The molecular weight excluding hydrogens is 418 g/mol. The van der Waals surface area contributed by atoms with E-state index in [-0.39, 0.29) is 45.8 Å². The van der Waals surface area contributed by atoms with Gasteiger partial charge in [-0.2, -0.15) is 4.98 Å². The first-order valence-electron chi connectivity index (χ1n) is 10.3. The van der Waals surface area contributed by atoms with Crippen LogP contribution in [0.25, 0.3) is 0 Å². The molecule has 0 saturated carbocycles. The molecule has 31 heavy (non-hydrogen) atoms. The fraction of sp³-hybridized carbons (Fsp3) is 0.500. The van der Waals surface area contributed by atoms with Gasteiger partial charge in [0.25, 0.3) is 5.56 Å². The van der Waals surface area contributed by atoms with Crippen molar-refractivity contribution in [1.29, 1.82) is 0 Å². The predicted molar refractivity (Wildman–Crippen MR) is 119 cm³/mol. The lowest BCUT2D eigenvalue weighted by atomic mass is 9.93. The summed E-state index contributed by atoms with van der Waals surface area (Å²) in [6.45, 7) is 6.38.